The van der Waals surface area contributed by atoms with Gasteiger partial charge in [-0.2, -0.15) is 0 Å². The molecule has 0 radical (unpaired) electrons. The summed E-state index contributed by atoms with van der Waals surface area (Å²) >= 11 is 0. The van der Waals surface area contributed by atoms with E-state index in [1.807, 2.05) is 18.2 Å². The Morgan fingerprint density at radius 2 is 1.96 bits per heavy atom. The molecule has 1 aromatic carbocycles. The Balaban J connectivity index is 1.97. The van der Waals surface area contributed by atoms with Crippen LogP contribution in [-0.2, 0) is 27.4 Å². The number of carboxylic acids is 1. The maximum absolute atomic E-state index is 12.3. The van der Waals surface area contributed by atoms with E-state index < -0.39 is 30.1 Å². The molecule has 0 spiro atoms. The monoisotopic (exact) mass is 360 g/mol. The minimum absolute atomic E-state index is 0.0522. The van der Waals surface area contributed by atoms with Crippen molar-refractivity contribution in [2.45, 2.75) is 32.0 Å². The molecule has 1 heterocycles. The number of ether oxygens (including phenoxy) is 1. The number of aromatic nitrogens is 2. The van der Waals surface area contributed by atoms with E-state index in [-0.39, 0.29) is 13.0 Å². The third-order valence-electron chi connectivity index (χ3n) is 3.53. The van der Waals surface area contributed by atoms with Crippen LogP contribution in [0.5, 0.6) is 0 Å². The average molecular weight is 360 g/mol. The topological polar surface area (TPSA) is 133 Å². The lowest BCUT2D eigenvalue weighted by Crippen LogP contribution is -2.51. The Bertz CT molecular complexity index is 733. The predicted octanol–water partition coefficient (Wildman–Crippen LogP) is 0.836. The quantitative estimate of drug-likeness (QED) is 0.551. The SMILES string of the molecule is C[C@H](NC(=O)[C@@H](Cc1cnc[nH]1)NC(=O)OCc1ccccc1)C(=O)O. The molecule has 2 atom stereocenters. The van der Waals surface area contributed by atoms with Gasteiger partial charge in [0.05, 0.1) is 6.33 Å². The number of H-pyrrole nitrogens is 1. The molecule has 0 aliphatic rings. The first-order chi connectivity index (χ1) is 12.5. The van der Waals surface area contributed by atoms with E-state index >= 15 is 0 Å². The smallest absolute Gasteiger partial charge is 0.408 e. The highest BCUT2D eigenvalue weighted by atomic mass is 16.5. The molecule has 0 aliphatic heterocycles. The highest BCUT2D eigenvalue weighted by molar-refractivity contribution is 5.89. The number of aliphatic carboxylic acids is 1. The number of carboxylic acid groups (broad SMARTS) is 1. The summed E-state index contributed by atoms with van der Waals surface area (Å²) in [6.07, 6.45) is 2.28. The zero-order valence-electron chi connectivity index (χ0n) is 14.1. The first-order valence-electron chi connectivity index (χ1n) is 7.93. The molecule has 1 aromatic heterocycles. The molecule has 9 nitrogen and oxygen atoms in total. The van der Waals surface area contributed by atoms with Crippen LogP contribution in [0.3, 0.4) is 0 Å². The van der Waals surface area contributed by atoms with Crippen LogP contribution in [0.4, 0.5) is 4.79 Å². The third-order valence-corrected chi connectivity index (χ3v) is 3.53. The van der Waals surface area contributed by atoms with Crippen molar-refractivity contribution in [3.63, 3.8) is 0 Å². The maximum atomic E-state index is 12.3. The number of imidazole rings is 1. The molecule has 0 saturated heterocycles. The molecule has 0 saturated carbocycles. The van der Waals surface area contributed by atoms with E-state index in [1.54, 1.807) is 12.1 Å². The lowest BCUT2D eigenvalue weighted by molar-refractivity contribution is -0.141. The highest BCUT2D eigenvalue weighted by Crippen LogP contribution is 2.03. The number of amides is 2. The van der Waals surface area contributed by atoms with Gasteiger partial charge in [0, 0.05) is 18.3 Å². The fourth-order valence-corrected chi connectivity index (χ4v) is 2.11. The van der Waals surface area contributed by atoms with Crippen LogP contribution in [0, 0.1) is 0 Å². The van der Waals surface area contributed by atoms with Crippen LogP contribution < -0.4 is 10.6 Å². The number of aromatic amines is 1. The number of hydrogen-bond acceptors (Lipinski definition) is 5. The van der Waals surface area contributed by atoms with E-state index in [9.17, 15) is 14.4 Å². The number of carbonyl (C=O) groups is 3. The Morgan fingerprint density at radius 3 is 2.58 bits per heavy atom. The standard InChI is InChI=1S/C17H20N4O5/c1-11(16(23)24)20-15(22)14(7-13-8-18-10-19-13)21-17(25)26-9-12-5-3-2-4-6-12/h2-6,8,10-11,14H,7,9H2,1H3,(H,18,19)(H,20,22)(H,21,25)(H,23,24)/t11-,14+/m0/s1. The fraction of sp³-hybridized carbons (Fsp3) is 0.294. The Morgan fingerprint density at radius 1 is 1.23 bits per heavy atom. The summed E-state index contributed by atoms with van der Waals surface area (Å²) in [6, 6.07) is 6.98. The Hall–Kier alpha value is -3.36. The molecule has 0 aliphatic carbocycles. The van der Waals surface area contributed by atoms with Gasteiger partial charge in [-0.3, -0.25) is 9.59 Å². The van der Waals surface area contributed by atoms with Crippen molar-refractivity contribution in [2.75, 3.05) is 0 Å². The molecule has 138 valence electrons. The van der Waals surface area contributed by atoms with Gasteiger partial charge in [-0.25, -0.2) is 9.78 Å². The number of rotatable bonds is 8. The first-order valence-corrected chi connectivity index (χ1v) is 7.93. The normalized spacial score (nSPS) is 12.7. The molecule has 4 N–H and O–H groups in total. The minimum Gasteiger partial charge on any atom is -0.480 e. The highest BCUT2D eigenvalue weighted by Gasteiger charge is 2.25. The second-order valence-electron chi connectivity index (χ2n) is 5.61. The third kappa shape index (κ3) is 5.93. The summed E-state index contributed by atoms with van der Waals surface area (Å²) in [5, 5.41) is 13.7. The van der Waals surface area contributed by atoms with E-state index in [0.29, 0.717) is 5.69 Å². The zero-order chi connectivity index (χ0) is 18.9. The van der Waals surface area contributed by atoms with Crippen LogP contribution in [0.1, 0.15) is 18.2 Å². The predicted molar refractivity (Wildman–Crippen MR) is 91.1 cm³/mol. The summed E-state index contributed by atoms with van der Waals surface area (Å²) in [6.45, 7) is 1.39. The molecule has 0 unspecified atom stereocenters. The molecule has 2 rings (SSSR count). The van der Waals surface area contributed by atoms with Crippen LogP contribution >= 0.6 is 0 Å². The van der Waals surface area contributed by atoms with Crippen LogP contribution in [0.15, 0.2) is 42.9 Å². The summed E-state index contributed by atoms with van der Waals surface area (Å²) in [4.78, 5) is 41.9. The molecule has 0 fully saturated rings. The summed E-state index contributed by atoms with van der Waals surface area (Å²) < 4.78 is 5.11. The van der Waals surface area contributed by atoms with Crippen molar-refractivity contribution in [2.24, 2.45) is 0 Å². The van der Waals surface area contributed by atoms with Crippen molar-refractivity contribution in [1.29, 1.82) is 0 Å². The Labute approximate surface area is 149 Å². The van der Waals surface area contributed by atoms with Gasteiger partial charge in [0.15, 0.2) is 0 Å². The summed E-state index contributed by atoms with van der Waals surface area (Å²) in [5.74, 6) is -1.81. The van der Waals surface area contributed by atoms with Crippen LogP contribution in [0.2, 0.25) is 0 Å². The lowest BCUT2D eigenvalue weighted by Gasteiger charge is -2.19. The number of benzene rings is 1. The molecular formula is C17H20N4O5. The number of nitrogens with zero attached hydrogens (tertiary/aromatic N) is 1. The molecular weight excluding hydrogens is 340 g/mol. The minimum atomic E-state index is -1.18. The van der Waals surface area contributed by atoms with Gasteiger partial charge in [-0.15, -0.1) is 0 Å². The van der Waals surface area contributed by atoms with Crippen molar-refractivity contribution in [3.8, 4) is 0 Å². The van der Waals surface area contributed by atoms with E-state index in [1.165, 1.54) is 19.4 Å². The van der Waals surface area contributed by atoms with Crippen molar-refractivity contribution in [3.05, 3.63) is 54.1 Å². The average Bonchev–Trinajstić information content (AvgIpc) is 3.13. The number of nitrogens with one attached hydrogen (secondary N) is 3. The molecule has 9 heteroatoms. The van der Waals surface area contributed by atoms with Gasteiger partial charge in [0.2, 0.25) is 5.91 Å². The van der Waals surface area contributed by atoms with Gasteiger partial charge in [-0.1, -0.05) is 30.3 Å². The van der Waals surface area contributed by atoms with Gasteiger partial charge >= 0.3 is 12.1 Å². The molecule has 26 heavy (non-hydrogen) atoms. The van der Waals surface area contributed by atoms with Crippen LogP contribution in [-0.4, -0.2) is 45.1 Å². The maximum Gasteiger partial charge on any atom is 0.408 e. The van der Waals surface area contributed by atoms with Crippen molar-refractivity contribution in [1.82, 2.24) is 20.6 Å². The van der Waals surface area contributed by atoms with Gasteiger partial charge in [0.1, 0.15) is 18.7 Å². The first kappa shape index (κ1) is 19.0. The van der Waals surface area contributed by atoms with E-state index in [2.05, 4.69) is 20.6 Å². The van der Waals surface area contributed by atoms with E-state index in [0.717, 1.165) is 5.56 Å². The largest absolute Gasteiger partial charge is 0.480 e. The zero-order valence-corrected chi connectivity index (χ0v) is 14.1. The summed E-state index contributed by atoms with van der Waals surface area (Å²) in [7, 11) is 0. The second kappa shape index (κ2) is 9.21. The number of alkyl carbamates (subject to hydrolysis) is 1. The van der Waals surface area contributed by atoms with Crippen molar-refractivity contribution < 1.29 is 24.2 Å². The molecule has 2 aromatic rings. The van der Waals surface area contributed by atoms with Gasteiger partial charge in [0.25, 0.3) is 0 Å². The fourth-order valence-electron chi connectivity index (χ4n) is 2.11. The van der Waals surface area contributed by atoms with E-state index in [4.69, 9.17) is 9.84 Å². The lowest BCUT2D eigenvalue weighted by atomic mass is 10.1. The van der Waals surface area contributed by atoms with Gasteiger partial charge < -0.3 is 25.5 Å². The second-order valence-corrected chi connectivity index (χ2v) is 5.61. The van der Waals surface area contributed by atoms with Crippen molar-refractivity contribution >= 4 is 18.0 Å². The number of hydrogen-bond donors (Lipinski definition) is 4. The Kier molecular flexibility index (Phi) is 6.72. The molecule has 0 bridgehead atoms. The summed E-state index contributed by atoms with van der Waals surface area (Å²) in [5.41, 5.74) is 1.41. The van der Waals surface area contributed by atoms with Gasteiger partial charge in [-0.05, 0) is 12.5 Å². The van der Waals surface area contributed by atoms with Crippen LogP contribution in [0.25, 0.3) is 0 Å². The number of carbonyl (C=O) groups excluding carboxylic acids is 2. The molecule has 2 amide bonds.